The Morgan fingerprint density at radius 1 is 1.00 bits per heavy atom. The highest BCUT2D eigenvalue weighted by molar-refractivity contribution is 5.82. The number of ether oxygens (including phenoxy) is 2. The first-order valence-electron chi connectivity index (χ1n) is 9.12. The van der Waals surface area contributed by atoms with E-state index in [4.69, 9.17) is 9.47 Å². The van der Waals surface area contributed by atoms with Crippen molar-refractivity contribution in [3.63, 3.8) is 0 Å². The van der Waals surface area contributed by atoms with Gasteiger partial charge in [0.25, 0.3) is 0 Å². The predicted molar refractivity (Wildman–Crippen MR) is 95.5 cm³/mol. The first-order chi connectivity index (χ1) is 10.7. The second kappa shape index (κ2) is 6.68. The van der Waals surface area contributed by atoms with Crippen molar-refractivity contribution in [2.75, 3.05) is 0 Å². The molecule has 0 N–H and O–H groups in total. The molecule has 4 heteroatoms. The van der Waals surface area contributed by atoms with Gasteiger partial charge in [0.05, 0.1) is 10.8 Å². The molecule has 0 aromatic carbocycles. The summed E-state index contributed by atoms with van der Waals surface area (Å²) in [5.41, 5.74) is -2.33. The fourth-order valence-electron chi connectivity index (χ4n) is 3.62. The van der Waals surface area contributed by atoms with Crippen molar-refractivity contribution < 1.29 is 19.1 Å². The van der Waals surface area contributed by atoms with Crippen LogP contribution in [0.5, 0.6) is 0 Å². The number of carbonyl (C=O) groups is 2. The van der Waals surface area contributed by atoms with Crippen molar-refractivity contribution >= 4 is 11.9 Å². The Kier molecular flexibility index (Phi) is 5.84. The molecule has 140 valence electrons. The minimum atomic E-state index is -0.646. The molecule has 3 atom stereocenters. The molecule has 0 aliphatic heterocycles. The number of carbonyl (C=O) groups excluding carboxylic acids is 2. The minimum Gasteiger partial charge on any atom is -0.460 e. The van der Waals surface area contributed by atoms with Crippen molar-refractivity contribution in [3.05, 3.63) is 0 Å². The van der Waals surface area contributed by atoms with Crippen LogP contribution in [0, 0.1) is 16.7 Å². The standard InChI is InChI=1S/C20H36O4/c1-10-20(16(22)24-18(6,7)8)13-19(9,12-11-14(20)2)15(21)23-17(3,4)5/h14H,10-13H2,1-9H3. The first-order valence-corrected chi connectivity index (χ1v) is 9.12. The topological polar surface area (TPSA) is 52.6 Å². The van der Waals surface area contributed by atoms with Crippen LogP contribution >= 0.6 is 0 Å². The van der Waals surface area contributed by atoms with Gasteiger partial charge in [0.2, 0.25) is 0 Å². The van der Waals surface area contributed by atoms with E-state index in [0.717, 1.165) is 12.8 Å². The van der Waals surface area contributed by atoms with Crippen LogP contribution in [0.1, 0.15) is 88.0 Å². The van der Waals surface area contributed by atoms with Crippen LogP contribution in [-0.2, 0) is 19.1 Å². The van der Waals surface area contributed by atoms with Crippen LogP contribution in [0.25, 0.3) is 0 Å². The molecule has 4 nitrogen and oxygen atoms in total. The van der Waals surface area contributed by atoms with Gasteiger partial charge in [-0.2, -0.15) is 0 Å². The molecule has 1 saturated carbocycles. The number of hydrogen-bond acceptors (Lipinski definition) is 4. The Morgan fingerprint density at radius 3 is 1.88 bits per heavy atom. The van der Waals surface area contributed by atoms with Gasteiger partial charge in [-0.1, -0.05) is 13.8 Å². The van der Waals surface area contributed by atoms with E-state index in [0.29, 0.717) is 12.8 Å². The fourth-order valence-corrected chi connectivity index (χ4v) is 3.62. The third-order valence-corrected chi connectivity index (χ3v) is 5.11. The van der Waals surface area contributed by atoms with Crippen molar-refractivity contribution in [2.24, 2.45) is 16.7 Å². The highest BCUT2D eigenvalue weighted by Gasteiger charge is 2.55. The lowest BCUT2D eigenvalue weighted by Gasteiger charge is -2.48. The normalized spacial score (nSPS) is 31.5. The molecule has 0 radical (unpaired) electrons. The van der Waals surface area contributed by atoms with E-state index in [2.05, 4.69) is 6.92 Å². The lowest BCUT2D eigenvalue weighted by Crippen LogP contribution is -2.51. The monoisotopic (exact) mass is 340 g/mol. The second-order valence-corrected chi connectivity index (χ2v) is 9.69. The van der Waals surface area contributed by atoms with Crippen molar-refractivity contribution in [1.82, 2.24) is 0 Å². The van der Waals surface area contributed by atoms with Gasteiger partial charge in [-0.3, -0.25) is 9.59 Å². The summed E-state index contributed by atoms with van der Waals surface area (Å²) in [6.45, 7) is 17.3. The maximum Gasteiger partial charge on any atom is 0.312 e. The number of rotatable bonds is 3. The van der Waals surface area contributed by atoms with Crippen molar-refractivity contribution in [2.45, 2.75) is 99.2 Å². The van der Waals surface area contributed by atoms with Gasteiger partial charge in [0.1, 0.15) is 11.2 Å². The Bertz CT molecular complexity index is 483. The van der Waals surface area contributed by atoms with Gasteiger partial charge < -0.3 is 9.47 Å². The molecule has 0 heterocycles. The molecule has 1 rings (SSSR count). The molecule has 24 heavy (non-hydrogen) atoms. The van der Waals surface area contributed by atoms with Gasteiger partial charge in [0, 0.05) is 0 Å². The van der Waals surface area contributed by atoms with E-state index in [1.165, 1.54) is 0 Å². The summed E-state index contributed by atoms with van der Waals surface area (Å²) < 4.78 is 11.4. The summed E-state index contributed by atoms with van der Waals surface area (Å²) >= 11 is 0. The lowest BCUT2D eigenvalue weighted by atomic mass is 9.57. The Morgan fingerprint density at radius 2 is 1.46 bits per heavy atom. The molecular formula is C20H36O4. The SMILES string of the molecule is CCC1(C(=O)OC(C)(C)C)CC(C)(C(=O)OC(C)(C)C)CCC1C. The van der Waals surface area contributed by atoms with E-state index in [1.54, 1.807) is 0 Å². The quantitative estimate of drug-likeness (QED) is 0.686. The van der Waals surface area contributed by atoms with Gasteiger partial charge in [-0.05, 0) is 80.1 Å². The molecule has 0 amide bonds. The largest absolute Gasteiger partial charge is 0.460 e. The second-order valence-electron chi connectivity index (χ2n) is 9.69. The molecule has 1 aliphatic rings. The molecule has 0 aromatic heterocycles. The smallest absolute Gasteiger partial charge is 0.312 e. The van der Waals surface area contributed by atoms with Crippen LogP contribution in [0.15, 0.2) is 0 Å². The molecule has 0 spiro atoms. The van der Waals surface area contributed by atoms with Crippen molar-refractivity contribution in [1.29, 1.82) is 0 Å². The average molecular weight is 341 g/mol. The molecular weight excluding hydrogens is 304 g/mol. The zero-order valence-corrected chi connectivity index (χ0v) is 17.0. The highest BCUT2D eigenvalue weighted by Crippen LogP contribution is 2.53. The Balaban J connectivity index is 3.12. The van der Waals surface area contributed by atoms with Crippen LogP contribution < -0.4 is 0 Å². The maximum atomic E-state index is 13.0. The maximum absolute atomic E-state index is 13.0. The predicted octanol–water partition coefficient (Wildman–Crippen LogP) is 4.89. The summed E-state index contributed by atoms with van der Waals surface area (Å²) in [6.07, 6.45) is 2.72. The minimum absolute atomic E-state index is 0.181. The van der Waals surface area contributed by atoms with E-state index in [-0.39, 0.29) is 17.9 Å². The summed E-state index contributed by atoms with van der Waals surface area (Å²) in [5.74, 6) is -0.198. The molecule has 0 saturated heterocycles. The zero-order chi connectivity index (χ0) is 19.0. The van der Waals surface area contributed by atoms with Crippen molar-refractivity contribution in [3.8, 4) is 0 Å². The Hall–Kier alpha value is -1.06. The van der Waals surface area contributed by atoms with Gasteiger partial charge in [-0.25, -0.2) is 0 Å². The molecule has 0 aromatic rings. The lowest BCUT2D eigenvalue weighted by molar-refractivity contribution is -0.186. The Labute approximate surface area is 147 Å². The highest BCUT2D eigenvalue weighted by atomic mass is 16.6. The van der Waals surface area contributed by atoms with E-state index < -0.39 is 22.0 Å². The summed E-state index contributed by atoms with van der Waals surface area (Å²) in [5, 5.41) is 0. The van der Waals surface area contributed by atoms with Crippen LogP contribution in [-0.4, -0.2) is 23.1 Å². The molecule has 1 fully saturated rings. The number of esters is 2. The third kappa shape index (κ3) is 4.73. The summed E-state index contributed by atoms with van der Waals surface area (Å²) in [6, 6.07) is 0. The van der Waals surface area contributed by atoms with Gasteiger partial charge in [-0.15, -0.1) is 0 Å². The number of hydrogen-bond donors (Lipinski definition) is 0. The van der Waals surface area contributed by atoms with Gasteiger partial charge in [0.15, 0.2) is 0 Å². The summed E-state index contributed by atoms with van der Waals surface area (Å²) in [4.78, 5) is 25.8. The fraction of sp³-hybridized carbons (Fsp3) is 0.900. The van der Waals surface area contributed by atoms with Crippen LogP contribution in [0.2, 0.25) is 0 Å². The van der Waals surface area contributed by atoms with Gasteiger partial charge >= 0.3 is 11.9 Å². The van der Waals surface area contributed by atoms with E-state index in [1.807, 2.05) is 55.4 Å². The van der Waals surface area contributed by atoms with Crippen LogP contribution in [0.4, 0.5) is 0 Å². The molecule has 1 aliphatic carbocycles. The molecule has 0 bridgehead atoms. The van der Waals surface area contributed by atoms with E-state index in [9.17, 15) is 9.59 Å². The molecule has 3 unspecified atom stereocenters. The third-order valence-electron chi connectivity index (χ3n) is 5.11. The first kappa shape index (κ1) is 21.0. The average Bonchev–Trinajstić information content (AvgIpc) is 2.37. The zero-order valence-electron chi connectivity index (χ0n) is 17.0. The summed E-state index contributed by atoms with van der Waals surface area (Å²) in [7, 11) is 0. The van der Waals surface area contributed by atoms with E-state index >= 15 is 0 Å². The van der Waals surface area contributed by atoms with Crippen LogP contribution in [0.3, 0.4) is 0 Å².